The number of hydrogen-bond acceptors (Lipinski definition) is 4. The smallest absolute Gasteiger partial charge is 0.328 e. The number of amides is 2. The molecule has 0 bridgehead atoms. The minimum Gasteiger partial charge on any atom is -0.478 e. The highest BCUT2D eigenvalue weighted by molar-refractivity contribution is 6.03. The van der Waals surface area contributed by atoms with E-state index in [0.717, 1.165) is 31.6 Å². The molecule has 0 aromatic heterocycles. The number of benzene rings is 1. The zero-order valence-electron chi connectivity index (χ0n) is 12.5. The van der Waals surface area contributed by atoms with E-state index in [2.05, 4.69) is 10.6 Å². The molecule has 2 rings (SSSR count). The number of anilines is 1. The standard InChI is InChI=1S/C16H18N2O5/c19-14(6-7-15(20)21)18-12-4-1-3-11(9-12)16(22)17-10-13-5-2-8-23-13/h1,3-4,6-7,9,13H,2,5,8,10H2,(H,17,22)(H,18,19)(H,20,21)/b7-6+. The third-order valence-corrected chi connectivity index (χ3v) is 3.28. The first kappa shape index (κ1) is 16.7. The van der Waals surface area contributed by atoms with Gasteiger partial charge in [-0.3, -0.25) is 9.59 Å². The summed E-state index contributed by atoms with van der Waals surface area (Å²) in [5, 5.41) is 13.8. The predicted octanol–water partition coefficient (Wildman–Crippen LogP) is 1.17. The number of aliphatic carboxylic acids is 1. The first-order valence-electron chi connectivity index (χ1n) is 7.26. The topological polar surface area (TPSA) is 105 Å². The minimum atomic E-state index is -1.21. The number of hydrogen-bond donors (Lipinski definition) is 3. The van der Waals surface area contributed by atoms with Gasteiger partial charge in [0, 0.05) is 36.6 Å². The molecular formula is C16H18N2O5. The second-order valence-corrected chi connectivity index (χ2v) is 5.09. The second-order valence-electron chi connectivity index (χ2n) is 5.09. The molecule has 3 N–H and O–H groups in total. The molecular weight excluding hydrogens is 300 g/mol. The molecule has 1 heterocycles. The van der Waals surface area contributed by atoms with Crippen LogP contribution in [0.4, 0.5) is 5.69 Å². The average Bonchev–Trinajstić information content (AvgIpc) is 3.04. The van der Waals surface area contributed by atoms with Gasteiger partial charge in [-0.05, 0) is 31.0 Å². The Bertz CT molecular complexity index is 621. The lowest BCUT2D eigenvalue weighted by Gasteiger charge is -2.11. The van der Waals surface area contributed by atoms with Gasteiger partial charge in [0.15, 0.2) is 0 Å². The zero-order chi connectivity index (χ0) is 16.7. The fourth-order valence-electron chi connectivity index (χ4n) is 2.18. The summed E-state index contributed by atoms with van der Waals surface area (Å²) in [4.78, 5) is 34.0. The molecule has 7 heteroatoms. The molecule has 0 aliphatic carbocycles. The third kappa shape index (κ3) is 5.55. The van der Waals surface area contributed by atoms with Crippen LogP contribution in [-0.2, 0) is 14.3 Å². The maximum atomic E-state index is 12.1. The Hall–Kier alpha value is -2.67. The summed E-state index contributed by atoms with van der Waals surface area (Å²) in [5.74, 6) is -2.04. The third-order valence-electron chi connectivity index (χ3n) is 3.28. The number of nitrogens with one attached hydrogen (secondary N) is 2. The van der Waals surface area contributed by atoms with Crippen LogP contribution in [0.2, 0.25) is 0 Å². The van der Waals surface area contributed by atoms with Crippen LogP contribution in [0.25, 0.3) is 0 Å². The van der Waals surface area contributed by atoms with E-state index in [1.165, 1.54) is 6.07 Å². The summed E-state index contributed by atoms with van der Waals surface area (Å²) in [6.45, 7) is 1.18. The molecule has 23 heavy (non-hydrogen) atoms. The van der Waals surface area contributed by atoms with Crippen LogP contribution in [0.5, 0.6) is 0 Å². The molecule has 1 atom stereocenters. The molecule has 1 unspecified atom stereocenters. The van der Waals surface area contributed by atoms with Crippen LogP contribution in [0.3, 0.4) is 0 Å². The quantitative estimate of drug-likeness (QED) is 0.683. The van der Waals surface area contributed by atoms with E-state index in [9.17, 15) is 14.4 Å². The van der Waals surface area contributed by atoms with E-state index < -0.39 is 11.9 Å². The summed E-state index contributed by atoms with van der Waals surface area (Å²) in [6.07, 6.45) is 3.65. The maximum absolute atomic E-state index is 12.1. The summed E-state index contributed by atoms with van der Waals surface area (Å²) in [6, 6.07) is 6.41. The lowest BCUT2D eigenvalue weighted by Crippen LogP contribution is -2.31. The Balaban J connectivity index is 1.91. The van der Waals surface area contributed by atoms with Crippen LogP contribution >= 0.6 is 0 Å². The number of rotatable bonds is 6. The summed E-state index contributed by atoms with van der Waals surface area (Å²) in [7, 11) is 0. The summed E-state index contributed by atoms with van der Waals surface area (Å²) < 4.78 is 5.43. The van der Waals surface area contributed by atoms with Crippen molar-refractivity contribution in [3.8, 4) is 0 Å². The van der Waals surface area contributed by atoms with Crippen LogP contribution in [0, 0.1) is 0 Å². The molecule has 0 spiro atoms. The molecule has 7 nitrogen and oxygen atoms in total. The Morgan fingerprint density at radius 1 is 1.30 bits per heavy atom. The average molecular weight is 318 g/mol. The largest absolute Gasteiger partial charge is 0.478 e. The van der Waals surface area contributed by atoms with E-state index in [-0.39, 0.29) is 12.0 Å². The molecule has 1 aromatic rings. The van der Waals surface area contributed by atoms with Crippen LogP contribution < -0.4 is 10.6 Å². The molecule has 122 valence electrons. The van der Waals surface area contributed by atoms with E-state index in [0.29, 0.717) is 17.8 Å². The normalized spacial score (nSPS) is 17.1. The van der Waals surface area contributed by atoms with Gasteiger partial charge in [0.05, 0.1) is 6.10 Å². The Morgan fingerprint density at radius 3 is 2.83 bits per heavy atom. The fourth-order valence-corrected chi connectivity index (χ4v) is 2.18. The molecule has 1 saturated heterocycles. The van der Waals surface area contributed by atoms with Crippen molar-refractivity contribution >= 4 is 23.5 Å². The van der Waals surface area contributed by atoms with Crippen molar-refractivity contribution in [2.45, 2.75) is 18.9 Å². The van der Waals surface area contributed by atoms with Gasteiger partial charge in [-0.15, -0.1) is 0 Å². The van der Waals surface area contributed by atoms with Gasteiger partial charge in [0.25, 0.3) is 5.91 Å². The molecule has 0 saturated carbocycles. The molecule has 1 aliphatic rings. The Morgan fingerprint density at radius 2 is 2.13 bits per heavy atom. The van der Waals surface area contributed by atoms with Gasteiger partial charge in [-0.2, -0.15) is 0 Å². The van der Waals surface area contributed by atoms with E-state index in [1.54, 1.807) is 18.2 Å². The highest BCUT2D eigenvalue weighted by atomic mass is 16.5. The highest BCUT2D eigenvalue weighted by Crippen LogP contribution is 2.13. The van der Waals surface area contributed by atoms with Gasteiger partial charge in [-0.25, -0.2) is 4.79 Å². The van der Waals surface area contributed by atoms with Crippen molar-refractivity contribution in [3.63, 3.8) is 0 Å². The van der Waals surface area contributed by atoms with Crippen LogP contribution in [0.15, 0.2) is 36.4 Å². The number of carboxylic acid groups (broad SMARTS) is 1. The monoisotopic (exact) mass is 318 g/mol. The molecule has 0 radical (unpaired) electrons. The zero-order valence-corrected chi connectivity index (χ0v) is 12.5. The summed E-state index contributed by atoms with van der Waals surface area (Å²) >= 11 is 0. The lowest BCUT2D eigenvalue weighted by atomic mass is 10.1. The Labute approximate surface area is 133 Å². The van der Waals surface area contributed by atoms with Gasteiger partial charge < -0.3 is 20.5 Å². The lowest BCUT2D eigenvalue weighted by molar-refractivity contribution is -0.131. The van der Waals surface area contributed by atoms with Crippen molar-refractivity contribution in [2.75, 3.05) is 18.5 Å². The number of carboxylic acids is 1. The first-order valence-corrected chi connectivity index (χ1v) is 7.26. The molecule has 1 fully saturated rings. The van der Waals surface area contributed by atoms with Crippen LogP contribution in [0.1, 0.15) is 23.2 Å². The van der Waals surface area contributed by atoms with Gasteiger partial charge in [0.1, 0.15) is 0 Å². The number of ether oxygens (including phenoxy) is 1. The molecule has 2 amide bonds. The van der Waals surface area contributed by atoms with Crippen LogP contribution in [-0.4, -0.2) is 42.1 Å². The van der Waals surface area contributed by atoms with Gasteiger partial charge >= 0.3 is 5.97 Å². The molecule has 1 aromatic carbocycles. The van der Waals surface area contributed by atoms with E-state index in [1.807, 2.05) is 0 Å². The summed E-state index contributed by atoms with van der Waals surface area (Å²) in [5.41, 5.74) is 0.817. The van der Waals surface area contributed by atoms with E-state index in [4.69, 9.17) is 9.84 Å². The van der Waals surface area contributed by atoms with Crippen molar-refractivity contribution < 1.29 is 24.2 Å². The minimum absolute atomic E-state index is 0.0583. The predicted molar refractivity (Wildman–Crippen MR) is 83.2 cm³/mol. The SMILES string of the molecule is O=C(O)/C=C/C(=O)Nc1cccc(C(=O)NCC2CCCO2)c1. The maximum Gasteiger partial charge on any atom is 0.328 e. The van der Waals surface area contributed by atoms with Crippen molar-refractivity contribution in [2.24, 2.45) is 0 Å². The van der Waals surface area contributed by atoms with Gasteiger partial charge in [-0.1, -0.05) is 6.07 Å². The number of carbonyl (C=O) groups is 3. The number of carbonyl (C=O) groups excluding carboxylic acids is 2. The fraction of sp³-hybridized carbons (Fsp3) is 0.312. The van der Waals surface area contributed by atoms with Crippen molar-refractivity contribution in [3.05, 3.63) is 42.0 Å². The van der Waals surface area contributed by atoms with Gasteiger partial charge in [0.2, 0.25) is 5.91 Å². The molecule has 1 aliphatic heterocycles. The second kappa shape index (κ2) is 8.09. The van der Waals surface area contributed by atoms with E-state index >= 15 is 0 Å². The highest BCUT2D eigenvalue weighted by Gasteiger charge is 2.16. The van der Waals surface area contributed by atoms with Crippen molar-refractivity contribution in [1.29, 1.82) is 0 Å². The first-order chi connectivity index (χ1) is 11.0. The Kier molecular flexibility index (Phi) is 5.87. The van der Waals surface area contributed by atoms with Crippen molar-refractivity contribution in [1.82, 2.24) is 5.32 Å².